The maximum absolute atomic E-state index is 12.4. The van der Waals surface area contributed by atoms with Crippen molar-refractivity contribution in [1.82, 2.24) is 4.90 Å². The number of carbonyl (C=O) groups is 2. The second-order valence-corrected chi connectivity index (χ2v) is 4.66. The summed E-state index contributed by atoms with van der Waals surface area (Å²) in [6.07, 6.45) is -4.36. The largest absolute Gasteiger partial charge is 0.406 e. The lowest BCUT2D eigenvalue weighted by Crippen LogP contribution is -2.40. The molecule has 2 amide bonds. The molecule has 1 aliphatic rings. The van der Waals surface area contributed by atoms with E-state index in [1.54, 1.807) is 0 Å². The Morgan fingerprint density at radius 2 is 2.10 bits per heavy atom. The molecule has 5 nitrogen and oxygen atoms in total. The predicted molar refractivity (Wildman–Crippen MR) is 67.8 cm³/mol. The molecule has 1 aliphatic heterocycles. The number of fused-ring (bicyclic) bond motifs is 1. The molecule has 0 bridgehead atoms. The van der Waals surface area contributed by atoms with E-state index in [9.17, 15) is 22.8 Å². The summed E-state index contributed by atoms with van der Waals surface area (Å²) in [4.78, 5) is 23.8. The Morgan fingerprint density at radius 3 is 2.71 bits per heavy atom. The Morgan fingerprint density at radius 1 is 1.38 bits per heavy atom. The minimum Gasteiger partial charge on any atom is -0.395 e. The molecule has 0 fully saturated rings. The number of hydrogen-bond donors (Lipinski definition) is 2. The predicted octanol–water partition coefficient (Wildman–Crippen LogP) is 1.18. The molecule has 0 aliphatic carbocycles. The maximum Gasteiger partial charge on any atom is 0.406 e. The third-order valence-electron chi connectivity index (χ3n) is 3.01. The van der Waals surface area contributed by atoms with Gasteiger partial charge < -0.3 is 15.3 Å². The number of alkyl halides is 3. The second kappa shape index (κ2) is 5.72. The highest BCUT2D eigenvalue weighted by Gasteiger charge is 2.33. The Labute approximate surface area is 118 Å². The average molecular weight is 302 g/mol. The van der Waals surface area contributed by atoms with Crippen LogP contribution in [0.4, 0.5) is 18.9 Å². The van der Waals surface area contributed by atoms with E-state index >= 15 is 0 Å². The average Bonchev–Trinajstić information content (AvgIpc) is 2.74. The first-order valence-corrected chi connectivity index (χ1v) is 6.20. The number of anilines is 1. The SMILES string of the molecule is O=C1Cc2ccc(C(=O)N(CCO)CC(F)(F)F)cc2N1. The summed E-state index contributed by atoms with van der Waals surface area (Å²) in [5.74, 6) is -1.07. The van der Waals surface area contributed by atoms with Crippen LogP contribution in [0.2, 0.25) is 0 Å². The van der Waals surface area contributed by atoms with Crippen molar-refractivity contribution in [3.8, 4) is 0 Å². The molecule has 2 rings (SSSR count). The normalized spacial score (nSPS) is 13.8. The molecule has 0 atom stereocenters. The first-order valence-electron chi connectivity index (χ1n) is 6.20. The first kappa shape index (κ1) is 15.3. The van der Waals surface area contributed by atoms with Crippen LogP contribution in [0, 0.1) is 0 Å². The Balaban J connectivity index is 2.21. The standard InChI is InChI=1S/C13H13F3N2O3/c14-13(15,16)7-18(3-4-19)12(21)9-2-1-8-6-11(20)17-10(8)5-9/h1-2,5,19H,3-4,6-7H2,(H,17,20). The fourth-order valence-electron chi connectivity index (χ4n) is 2.12. The highest BCUT2D eigenvalue weighted by molar-refractivity contribution is 6.02. The summed E-state index contributed by atoms with van der Waals surface area (Å²) in [6.45, 7) is -2.42. The topological polar surface area (TPSA) is 69.6 Å². The lowest BCUT2D eigenvalue weighted by molar-refractivity contribution is -0.141. The van der Waals surface area contributed by atoms with E-state index in [1.165, 1.54) is 18.2 Å². The zero-order chi connectivity index (χ0) is 15.6. The molecule has 1 heterocycles. The van der Waals surface area contributed by atoms with Gasteiger partial charge in [0.25, 0.3) is 5.91 Å². The highest BCUT2D eigenvalue weighted by Crippen LogP contribution is 2.25. The molecule has 8 heteroatoms. The van der Waals surface area contributed by atoms with Crippen molar-refractivity contribution in [2.75, 3.05) is 25.0 Å². The van der Waals surface area contributed by atoms with Crippen molar-refractivity contribution < 1.29 is 27.9 Å². The van der Waals surface area contributed by atoms with Gasteiger partial charge in [0, 0.05) is 17.8 Å². The third-order valence-corrected chi connectivity index (χ3v) is 3.01. The van der Waals surface area contributed by atoms with Gasteiger partial charge in [0.15, 0.2) is 0 Å². The van der Waals surface area contributed by atoms with Crippen LogP contribution in [0.3, 0.4) is 0 Å². The van der Waals surface area contributed by atoms with Crippen LogP contribution in [0.5, 0.6) is 0 Å². The van der Waals surface area contributed by atoms with Gasteiger partial charge in [-0.3, -0.25) is 9.59 Å². The van der Waals surface area contributed by atoms with Gasteiger partial charge >= 0.3 is 6.18 Å². The molecule has 114 valence electrons. The molecule has 0 unspecified atom stereocenters. The molecule has 0 radical (unpaired) electrons. The van der Waals surface area contributed by atoms with Crippen LogP contribution in [0.1, 0.15) is 15.9 Å². The number of aliphatic hydroxyl groups is 1. The van der Waals surface area contributed by atoms with E-state index in [0.717, 1.165) is 0 Å². The van der Waals surface area contributed by atoms with Crippen LogP contribution in [0.15, 0.2) is 18.2 Å². The number of carbonyl (C=O) groups excluding carboxylic acids is 2. The number of hydrogen-bond acceptors (Lipinski definition) is 3. The summed E-state index contributed by atoms with van der Waals surface area (Å²) < 4.78 is 37.3. The molecule has 21 heavy (non-hydrogen) atoms. The maximum atomic E-state index is 12.4. The fraction of sp³-hybridized carbons (Fsp3) is 0.385. The number of aliphatic hydroxyl groups excluding tert-OH is 1. The summed E-state index contributed by atoms with van der Waals surface area (Å²) >= 11 is 0. The van der Waals surface area contributed by atoms with Crippen LogP contribution < -0.4 is 5.32 Å². The third kappa shape index (κ3) is 3.72. The molecule has 0 saturated carbocycles. The Kier molecular flexibility index (Phi) is 4.17. The molecule has 0 aromatic heterocycles. The number of halogens is 3. The molecular weight excluding hydrogens is 289 g/mol. The van der Waals surface area contributed by atoms with Gasteiger partial charge in [-0.15, -0.1) is 0 Å². The van der Waals surface area contributed by atoms with E-state index in [4.69, 9.17) is 5.11 Å². The molecule has 0 saturated heterocycles. The number of rotatable bonds is 4. The van der Waals surface area contributed by atoms with E-state index in [2.05, 4.69) is 5.32 Å². The number of nitrogens with zero attached hydrogens (tertiary/aromatic N) is 1. The Hall–Kier alpha value is -2.09. The van der Waals surface area contributed by atoms with Crippen LogP contribution in [-0.4, -0.2) is 47.7 Å². The van der Waals surface area contributed by atoms with Gasteiger partial charge in [-0.1, -0.05) is 6.07 Å². The first-order chi connectivity index (χ1) is 9.80. The zero-order valence-electron chi connectivity index (χ0n) is 10.9. The summed E-state index contributed by atoms with van der Waals surface area (Å²) in [7, 11) is 0. The van der Waals surface area contributed by atoms with Gasteiger partial charge in [0.1, 0.15) is 6.54 Å². The fourth-order valence-corrected chi connectivity index (χ4v) is 2.12. The number of benzene rings is 1. The van der Waals surface area contributed by atoms with E-state index in [-0.39, 0.29) is 17.9 Å². The summed E-state index contributed by atoms with van der Waals surface area (Å²) in [5, 5.41) is 11.3. The summed E-state index contributed by atoms with van der Waals surface area (Å²) in [5.41, 5.74) is 1.16. The lowest BCUT2D eigenvalue weighted by Gasteiger charge is -2.23. The molecule has 2 N–H and O–H groups in total. The van der Waals surface area contributed by atoms with Crippen molar-refractivity contribution in [3.05, 3.63) is 29.3 Å². The number of amides is 2. The van der Waals surface area contributed by atoms with Crippen LogP contribution >= 0.6 is 0 Å². The van der Waals surface area contributed by atoms with Gasteiger partial charge in [0.05, 0.1) is 13.0 Å². The van der Waals surface area contributed by atoms with Crippen molar-refractivity contribution in [3.63, 3.8) is 0 Å². The monoisotopic (exact) mass is 302 g/mol. The smallest absolute Gasteiger partial charge is 0.395 e. The molecule has 1 aromatic rings. The van der Waals surface area contributed by atoms with Crippen molar-refractivity contribution in [2.24, 2.45) is 0 Å². The molecular formula is C13H13F3N2O3. The van der Waals surface area contributed by atoms with Crippen molar-refractivity contribution >= 4 is 17.5 Å². The van der Waals surface area contributed by atoms with Crippen LogP contribution in [0.25, 0.3) is 0 Å². The van der Waals surface area contributed by atoms with Crippen molar-refractivity contribution in [2.45, 2.75) is 12.6 Å². The zero-order valence-corrected chi connectivity index (χ0v) is 10.9. The van der Waals surface area contributed by atoms with E-state index in [1.807, 2.05) is 0 Å². The van der Waals surface area contributed by atoms with Gasteiger partial charge in [-0.25, -0.2) is 0 Å². The number of nitrogens with one attached hydrogen (secondary N) is 1. The van der Waals surface area contributed by atoms with Gasteiger partial charge in [0.2, 0.25) is 5.91 Å². The van der Waals surface area contributed by atoms with Crippen molar-refractivity contribution in [1.29, 1.82) is 0 Å². The van der Waals surface area contributed by atoms with Gasteiger partial charge in [-0.05, 0) is 17.7 Å². The highest BCUT2D eigenvalue weighted by atomic mass is 19.4. The minimum atomic E-state index is -4.55. The van der Waals surface area contributed by atoms with Crippen LogP contribution in [-0.2, 0) is 11.2 Å². The van der Waals surface area contributed by atoms with Gasteiger partial charge in [-0.2, -0.15) is 13.2 Å². The minimum absolute atomic E-state index is 0.0358. The molecule has 1 aromatic carbocycles. The lowest BCUT2D eigenvalue weighted by atomic mass is 10.1. The second-order valence-electron chi connectivity index (χ2n) is 4.66. The summed E-state index contributed by atoms with van der Waals surface area (Å²) in [6, 6.07) is 4.26. The quantitative estimate of drug-likeness (QED) is 0.877. The Bertz CT molecular complexity index is 572. The van der Waals surface area contributed by atoms with E-state index < -0.39 is 31.8 Å². The molecule has 0 spiro atoms. The van der Waals surface area contributed by atoms with E-state index in [0.29, 0.717) is 16.2 Å².